The summed E-state index contributed by atoms with van der Waals surface area (Å²) >= 11 is 0. The van der Waals surface area contributed by atoms with Crippen LogP contribution in [0, 0.1) is 6.07 Å². The van der Waals surface area contributed by atoms with Gasteiger partial charge in [-0.3, -0.25) is 0 Å². The van der Waals surface area contributed by atoms with E-state index >= 15 is 0 Å². The standard InChI is InChI=1S/C24H15/c1-2-9-17(10-3-1)18-15-8-16-23-21-12-5-4-11-19(21)20-13-6-7-14-22(20)24(18)23/h1-9,11-16H. The SMILES string of the molecule is [c]1ccccc1-c1cccc2c3ccccc3c3ccccc3c12. The van der Waals surface area contributed by atoms with E-state index in [-0.39, 0.29) is 0 Å². The van der Waals surface area contributed by atoms with Crippen LogP contribution < -0.4 is 0 Å². The summed E-state index contributed by atoms with van der Waals surface area (Å²) in [6, 6.07) is 35.6. The van der Waals surface area contributed by atoms with E-state index in [2.05, 4.69) is 84.9 Å². The van der Waals surface area contributed by atoms with Gasteiger partial charge in [0.1, 0.15) is 0 Å². The number of benzene rings is 5. The van der Waals surface area contributed by atoms with Gasteiger partial charge in [0, 0.05) is 0 Å². The number of rotatable bonds is 1. The van der Waals surface area contributed by atoms with Crippen molar-refractivity contribution in [1.29, 1.82) is 0 Å². The summed E-state index contributed by atoms with van der Waals surface area (Å²) < 4.78 is 0. The minimum absolute atomic E-state index is 1.14. The molecular weight excluding hydrogens is 288 g/mol. The molecule has 111 valence electrons. The molecule has 1 radical (unpaired) electrons. The zero-order valence-corrected chi connectivity index (χ0v) is 13.2. The molecule has 0 saturated heterocycles. The summed E-state index contributed by atoms with van der Waals surface area (Å²) in [4.78, 5) is 0. The second kappa shape index (κ2) is 5.21. The summed E-state index contributed by atoms with van der Waals surface area (Å²) in [7, 11) is 0. The molecule has 0 saturated carbocycles. The zero-order valence-electron chi connectivity index (χ0n) is 13.2. The lowest BCUT2D eigenvalue weighted by Crippen LogP contribution is -1.86. The summed E-state index contributed by atoms with van der Waals surface area (Å²) in [5.74, 6) is 0. The van der Waals surface area contributed by atoms with E-state index in [1.165, 1.54) is 37.9 Å². The van der Waals surface area contributed by atoms with Crippen LogP contribution in [-0.2, 0) is 0 Å². The van der Waals surface area contributed by atoms with Crippen molar-refractivity contribution in [3.05, 3.63) is 97.1 Å². The van der Waals surface area contributed by atoms with Gasteiger partial charge in [-0.25, -0.2) is 0 Å². The van der Waals surface area contributed by atoms with Crippen molar-refractivity contribution in [3.63, 3.8) is 0 Å². The Hall–Kier alpha value is -3.12. The highest BCUT2D eigenvalue weighted by molar-refractivity contribution is 6.28. The summed E-state index contributed by atoms with van der Waals surface area (Å²) in [5.41, 5.74) is 2.39. The molecule has 0 aliphatic carbocycles. The molecule has 0 bridgehead atoms. The second-order valence-electron chi connectivity index (χ2n) is 6.10. The Morgan fingerprint density at radius 2 is 1.00 bits per heavy atom. The van der Waals surface area contributed by atoms with E-state index in [1.807, 2.05) is 12.1 Å². The molecule has 0 amide bonds. The Morgan fingerprint density at radius 3 is 1.62 bits per heavy atom. The number of hydrogen-bond donors (Lipinski definition) is 0. The highest BCUT2D eigenvalue weighted by Gasteiger charge is 2.11. The molecule has 0 atom stereocenters. The lowest BCUT2D eigenvalue weighted by atomic mass is 9.89. The van der Waals surface area contributed by atoms with E-state index in [4.69, 9.17) is 0 Å². The Labute approximate surface area is 141 Å². The third-order valence-electron chi connectivity index (χ3n) is 4.77. The van der Waals surface area contributed by atoms with Gasteiger partial charge in [-0.1, -0.05) is 91.0 Å². The highest BCUT2D eigenvalue weighted by Crippen LogP contribution is 2.39. The van der Waals surface area contributed by atoms with Crippen LogP contribution in [-0.4, -0.2) is 0 Å². The summed E-state index contributed by atoms with van der Waals surface area (Å²) in [5, 5.41) is 7.86. The molecule has 0 nitrogen and oxygen atoms in total. The van der Waals surface area contributed by atoms with E-state index < -0.39 is 0 Å². The molecule has 0 aliphatic rings. The summed E-state index contributed by atoms with van der Waals surface area (Å²) in [6.45, 7) is 0. The van der Waals surface area contributed by atoms with Gasteiger partial charge in [0.15, 0.2) is 0 Å². The first-order chi connectivity index (χ1) is 11.9. The third-order valence-corrected chi connectivity index (χ3v) is 4.77. The second-order valence-corrected chi connectivity index (χ2v) is 6.10. The average molecular weight is 303 g/mol. The molecule has 0 heteroatoms. The van der Waals surface area contributed by atoms with Crippen molar-refractivity contribution in [2.24, 2.45) is 0 Å². The molecule has 0 spiro atoms. The first-order valence-corrected chi connectivity index (χ1v) is 8.23. The van der Waals surface area contributed by atoms with Crippen LogP contribution in [0.4, 0.5) is 0 Å². The molecular formula is C24H15. The van der Waals surface area contributed by atoms with Crippen molar-refractivity contribution in [3.8, 4) is 11.1 Å². The number of fused-ring (bicyclic) bond motifs is 6. The number of hydrogen-bond acceptors (Lipinski definition) is 0. The Morgan fingerprint density at radius 1 is 0.458 bits per heavy atom. The maximum Gasteiger partial charge on any atom is -0.00201 e. The predicted octanol–water partition coefficient (Wildman–Crippen LogP) is 6.61. The van der Waals surface area contributed by atoms with Crippen LogP contribution in [0.3, 0.4) is 0 Å². The fraction of sp³-hybridized carbons (Fsp3) is 0. The predicted molar refractivity (Wildman–Crippen MR) is 103 cm³/mol. The molecule has 0 aromatic heterocycles. The topological polar surface area (TPSA) is 0 Å². The van der Waals surface area contributed by atoms with Gasteiger partial charge in [-0.2, -0.15) is 0 Å². The van der Waals surface area contributed by atoms with Crippen LogP contribution in [0.5, 0.6) is 0 Å². The monoisotopic (exact) mass is 303 g/mol. The lowest BCUT2D eigenvalue weighted by Gasteiger charge is -2.14. The van der Waals surface area contributed by atoms with Crippen molar-refractivity contribution < 1.29 is 0 Å². The summed E-state index contributed by atoms with van der Waals surface area (Å²) in [6.07, 6.45) is 0. The van der Waals surface area contributed by atoms with Gasteiger partial charge in [-0.15, -0.1) is 0 Å². The molecule has 0 N–H and O–H groups in total. The van der Waals surface area contributed by atoms with Crippen LogP contribution >= 0.6 is 0 Å². The van der Waals surface area contributed by atoms with Crippen molar-refractivity contribution >= 4 is 32.3 Å². The highest BCUT2D eigenvalue weighted by atomic mass is 14.1. The van der Waals surface area contributed by atoms with Crippen LogP contribution in [0.2, 0.25) is 0 Å². The lowest BCUT2D eigenvalue weighted by molar-refractivity contribution is 1.65. The van der Waals surface area contributed by atoms with Crippen molar-refractivity contribution in [1.82, 2.24) is 0 Å². The van der Waals surface area contributed by atoms with Crippen molar-refractivity contribution in [2.45, 2.75) is 0 Å². The van der Waals surface area contributed by atoms with Gasteiger partial charge < -0.3 is 0 Å². The van der Waals surface area contributed by atoms with Gasteiger partial charge in [0.2, 0.25) is 0 Å². The fourth-order valence-corrected chi connectivity index (χ4v) is 3.74. The van der Waals surface area contributed by atoms with Crippen LogP contribution in [0.1, 0.15) is 0 Å². The molecule has 5 aromatic rings. The molecule has 0 fully saturated rings. The maximum absolute atomic E-state index is 3.39. The Balaban J connectivity index is 2.09. The molecule has 5 aromatic carbocycles. The molecule has 24 heavy (non-hydrogen) atoms. The first kappa shape index (κ1) is 13.3. The molecule has 0 unspecified atom stereocenters. The average Bonchev–Trinajstić information content (AvgIpc) is 2.68. The van der Waals surface area contributed by atoms with Crippen LogP contribution in [0.25, 0.3) is 43.4 Å². The van der Waals surface area contributed by atoms with Crippen molar-refractivity contribution in [2.75, 3.05) is 0 Å². The minimum atomic E-state index is 1.14. The third kappa shape index (κ3) is 1.87. The van der Waals surface area contributed by atoms with Crippen LogP contribution in [0.15, 0.2) is 91.0 Å². The van der Waals surface area contributed by atoms with Gasteiger partial charge in [-0.05, 0) is 49.5 Å². The fourth-order valence-electron chi connectivity index (χ4n) is 3.74. The first-order valence-electron chi connectivity index (χ1n) is 8.23. The van der Waals surface area contributed by atoms with Gasteiger partial charge in [0.05, 0.1) is 0 Å². The Bertz CT molecular complexity index is 1140. The molecule has 5 rings (SSSR count). The van der Waals surface area contributed by atoms with Gasteiger partial charge in [0.25, 0.3) is 0 Å². The molecule has 0 aliphatic heterocycles. The van der Waals surface area contributed by atoms with E-state index in [9.17, 15) is 0 Å². The smallest absolute Gasteiger partial charge is 0.00201 e. The van der Waals surface area contributed by atoms with Gasteiger partial charge >= 0.3 is 0 Å². The minimum Gasteiger partial charge on any atom is -0.0616 e. The Kier molecular flexibility index (Phi) is 2.89. The normalized spacial score (nSPS) is 11.3. The van der Waals surface area contributed by atoms with E-state index in [0.717, 1.165) is 5.56 Å². The molecule has 0 heterocycles. The quantitative estimate of drug-likeness (QED) is 0.305. The largest absolute Gasteiger partial charge is 0.0616 e. The van der Waals surface area contributed by atoms with E-state index in [0.29, 0.717) is 0 Å². The zero-order chi connectivity index (χ0) is 15.9. The maximum atomic E-state index is 3.39. The van der Waals surface area contributed by atoms with E-state index in [1.54, 1.807) is 0 Å².